The van der Waals surface area contributed by atoms with Crippen LogP contribution in [0.25, 0.3) is 0 Å². The molecule has 0 saturated heterocycles. The SMILES string of the molecule is CC.CC.NC(=S)Nc1ccccc1. The summed E-state index contributed by atoms with van der Waals surface area (Å²) in [6.07, 6.45) is 0. The first-order chi connectivity index (χ1) is 6.79. The molecule has 1 aromatic carbocycles. The van der Waals surface area contributed by atoms with Crippen LogP contribution in [-0.4, -0.2) is 5.11 Å². The second-order valence-electron chi connectivity index (χ2n) is 1.86. The number of nitrogens with one attached hydrogen (secondary N) is 1. The van der Waals surface area contributed by atoms with Crippen LogP contribution < -0.4 is 11.1 Å². The van der Waals surface area contributed by atoms with Gasteiger partial charge in [0, 0.05) is 5.69 Å². The van der Waals surface area contributed by atoms with E-state index in [0.29, 0.717) is 5.11 Å². The maximum Gasteiger partial charge on any atom is 0.168 e. The zero-order chi connectivity index (χ0) is 11.4. The predicted octanol–water partition coefficient (Wildman–Crippen LogP) is 3.39. The molecule has 3 heteroatoms. The average molecular weight is 212 g/mol. The van der Waals surface area contributed by atoms with E-state index in [-0.39, 0.29) is 0 Å². The Morgan fingerprint density at radius 1 is 1.07 bits per heavy atom. The first-order valence-corrected chi connectivity index (χ1v) is 5.31. The van der Waals surface area contributed by atoms with Crippen LogP contribution in [0.15, 0.2) is 30.3 Å². The summed E-state index contributed by atoms with van der Waals surface area (Å²) in [6, 6.07) is 9.57. The van der Waals surface area contributed by atoms with Crippen LogP contribution >= 0.6 is 12.2 Å². The molecule has 1 rings (SSSR count). The molecule has 0 radical (unpaired) electrons. The van der Waals surface area contributed by atoms with Crippen LogP contribution in [0.1, 0.15) is 27.7 Å². The zero-order valence-electron chi connectivity index (χ0n) is 9.37. The Labute approximate surface area is 92.5 Å². The number of benzene rings is 1. The largest absolute Gasteiger partial charge is 0.376 e. The van der Waals surface area contributed by atoms with E-state index in [1.54, 1.807) is 0 Å². The Morgan fingerprint density at radius 2 is 1.50 bits per heavy atom. The van der Waals surface area contributed by atoms with Gasteiger partial charge in [0.2, 0.25) is 0 Å². The number of hydrogen-bond acceptors (Lipinski definition) is 1. The summed E-state index contributed by atoms with van der Waals surface area (Å²) in [5.74, 6) is 0. The van der Waals surface area contributed by atoms with Gasteiger partial charge in [-0.1, -0.05) is 45.9 Å². The predicted molar refractivity (Wildman–Crippen MR) is 69.5 cm³/mol. The van der Waals surface area contributed by atoms with Crippen molar-refractivity contribution in [2.45, 2.75) is 27.7 Å². The number of nitrogens with two attached hydrogens (primary N) is 1. The highest BCUT2D eigenvalue weighted by Gasteiger charge is 1.87. The van der Waals surface area contributed by atoms with Gasteiger partial charge in [0.25, 0.3) is 0 Å². The van der Waals surface area contributed by atoms with Crippen LogP contribution in [0.3, 0.4) is 0 Å². The van der Waals surface area contributed by atoms with Crippen molar-refractivity contribution >= 4 is 23.0 Å². The molecule has 0 aliphatic rings. The lowest BCUT2D eigenvalue weighted by Crippen LogP contribution is -2.18. The Morgan fingerprint density at radius 3 is 1.86 bits per heavy atom. The smallest absolute Gasteiger partial charge is 0.168 e. The molecule has 0 unspecified atom stereocenters. The number of hydrogen-bond donors (Lipinski definition) is 2. The second-order valence-corrected chi connectivity index (χ2v) is 2.30. The second kappa shape index (κ2) is 11.9. The number of para-hydroxylation sites is 1. The van der Waals surface area contributed by atoms with Gasteiger partial charge >= 0.3 is 0 Å². The van der Waals surface area contributed by atoms with Gasteiger partial charge < -0.3 is 11.1 Å². The molecule has 1 aromatic rings. The van der Waals surface area contributed by atoms with Crippen molar-refractivity contribution in [1.82, 2.24) is 0 Å². The van der Waals surface area contributed by atoms with E-state index in [0.717, 1.165) is 5.69 Å². The van der Waals surface area contributed by atoms with E-state index < -0.39 is 0 Å². The van der Waals surface area contributed by atoms with E-state index in [2.05, 4.69) is 17.5 Å². The van der Waals surface area contributed by atoms with Gasteiger partial charge in [-0.3, -0.25) is 0 Å². The van der Waals surface area contributed by atoms with Crippen molar-refractivity contribution in [3.63, 3.8) is 0 Å². The Hall–Kier alpha value is -1.09. The maximum atomic E-state index is 5.24. The third-order valence-corrected chi connectivity index (χ3v) is 1.14. The van der Waals surface area contributed by atoms with Crippen molar-refractivity contribution in [1.29, 1.82) is 0 Å². The molecule has 0 aliphatic carbocycles. The molecule has 2 nitrogen and oxygen atoms in total. The van der Waals surface area contributed by atoms with Crippen molar-refractivity contribution in [2.24, 2.45) is 5.73 Å². The lowest BCUT2D eigenvalue weighted by atomic mass is 10.3. The summed E-state index contributed by atoms with van der Waals surface area (Å²) in [4.78, 5) is 0. The average Bonchev–Trinajstić information content (AvgIpc) is 2.24. The van der Waals surface area contributed by atoms with Crippen LogP contribution in [0.2, 0.25) is 0 Å². The third kappa shape index (κ3) is 9.00. The Kier molecular flexibility index (Phi) is 13.1. The zero-order valence-corrected chi connectivity index (χ0v) is 10.2. The maximum absolute atomic E-state index is 5.24. The molecule has 80 valence electrons. The van der Waals surface area contributed by atoms with Gasteiger partial charge in [0.1, 0.15) is 0 Å². The molecular formula is C11H20N2S. The minimum Gasteiger partial charge on any atom is -0.376 e. The van der Waals surface area contributed by atoms with Crippen molar-refractivity contribution in [3.8, 4) is 0 Å². The minimum atomic E-state index is 0.297. The van der Waals surface area contributed by atoms with Crippen LogP contribution in [0.4, 0.5) is 5.69 Å². The molecule has 3 N–H and O–H groups in total. The fourth-order valence-electron chi connectivity index (χ4n) is 0.664. The monoisotopic (exact) mass is 212 g/mol. The van der Waals surface area contributed by atoms with Crippen LogP contribution in [0.5, 0.6) is 0 Å². The van der Waals surface area contributed by atoms with E-state index in [1.165, 1.54) is 0 Å². The summed E-state index contributed by atoms with van der Waals surface area (Å²) < 4.78 is 0. The van der Waals surface area contributed by atoms with Gasteiger partial charge in [0.15, 0.2) is 5.11 Å². The van der Waals surface area contributed by atoms with Crippen LogP contribution in [-0.2, 0) is 0 Å². The summed E-state index contributed by atoms with van der Waals surface area (Å²) >= 11 is 4.64. The minimum absolute atomic E-state index is 0.297. The van der Waals surface area contributed by atoms with Gasteiger partial charge in [-0.15, -0.1) is 0 Å². The fraction of sp³-hybridized carbons (Fsp3) is 0.364. The topological polar surface area (TPSA) is 38.0 Å². The molecule has 0 heterocycles. The van der Waals surface area contributed by atoms with Gasteiger partial charge in [-0.2, -0.15) is 0 Å². The van der Waals surface area contributed by atoms with E-state index in [9.17, 15) is 0 Å². The molecule has 0 aliphatic heterocycles. The molecule has 0 saturated carbocycles. The molecule has 0 bridgehead atoms. The Bertz CT molecular complexity index is 222. The molecule has 0 aromatic heterocycles. The molecule has 0 fully saturated rings. The number of anilines is 1. The van der Waals surface area contributed by atoms with Crippen LogP contribution in [0, 0.1) is 0 Å². The van der Waals surface area contributed by atoms with E-state index in [1.807, 2.05) is 58.0 Å². The number of rotatable bonds is 1. The lowest BCUT2D eigenvalue weighted by Gasteiger charge is -2.00. The first-order valence-electron chi connectivity index (χ1n) is 4.90. The Balaban J connectivity index is 0. The van der Waals surface area contributed by atoms with Gasteiger partial charge in [0.05, 0.1) is 0 Å². The molecule has 0 spiro atoms. The van der Waals surface area contributed by atoms with Crippen molar-refractivity contribution in [3.05, 3.63) is 30.3 Å². The van der Waals surface area contributed by atoms with Gasteiger partial charge in [-0.25, -0.2) is 0 Å². The van der Waals surface area contributed by atoms with E-state index >= 15 is 0 Å². The normalized spacial score (nSPS) is 7.14. The standard InChI is InChI=1S/C7H8N2S.2C2H6/c8-7(10)9-6-4-2-1-3-5-6;2*1-2/h1-5H,(H3,8,9,10);2*1-2H3. The number of thiocarbonyl (C=S) groups is 1. The fourth-order valence-corrected chi connectivity index (χ4v) is 0.782. The highest BCUT2D eigenvalue weighted by atomic mass is 32.1. The highest BCUT2D eigenvalue weighted by Crippen LogP contribution is 2.03. The van der Waals surface area contributed by atoms with Gasteiger partial charge in [-0.05, 0) is 24.4 Å². The van der Waals surface area contributed by atoms with Crippen molar-refractivity contribution in [2.75, 3.05) is 5.32 Å². The van der Waals surface area contributed by atoms with E-state index in [4.69, 9.17) is 5.73 Å². The first kappa shape index (κ1) is 15.4. The molecular weight excluding hydrogens is 192 g/mol. The molecule has 0 amide bonds. The van der Waals surface area contributed by atoms with Crippen molar-refractivity contribution < 1.29 is 0 Å². The summed E-state index contributed by atoms with van der Waals surface area (Å²) in [6.45, 7) is 8.00. The highest BCUT2D eigenvalue weighted by molar-refractivity contribution is 7.80. The molecule has 14 heavy (non-hydrogen) atoms. The summed E-state index contributed by atoms with van der Waals surface area (Å²) in [5.41, 5.74) is 6.17. The molecule has 0 atom stereocenters. The third-order valence-electron chi connectivity index (χ3n) is 1.04. The summed E-state index contributed by atoms with van der Waals surface area (Å²) in [5, 5.41) is 3.11. The quantitative estimate of drug-likeness (QED) is 0.701. The summed E-state index contributed by atoms with van der Waals surface area (Å²) in [7, 11) is 0. The lowest BCUT2D eigenvalue weighted by molar-refractivity contribution is 1.50.